The van der Waals surface area contributed by atoms with E-state index in [-0.39, 0.29) is 6.10 Å². The van der Waals surface area contributed by atoms with E-state index in [2.05, 4.69) is 42.1 Å². The average molecular weight is 340 g/mol. The Labute approximate surface area is 150 Å². The fraction of sp³-hybridized carbons (Fsp3) is 0.524. The monoisotopic (exact) mass is 340 g/mol. The Morgan fingerprint density at radius 1 is 1.20 bits per heavy atom. The number of nitrogens with zero attached hydrogens (tertiary/aromatic N) is 2. The third kappa shape index (κ3) is 3.75. The van der Waals surface area contributed by atoms with Gasteiger partial charge in [0.2, 0.25) is 0 Å². The van der Waals surface area contributed by atoms with Gasteiger partial charge in [0.15, 0.2) is 11.5 Å². The highest BCUT2D eigenvalue weighted by atomic mass is 16.6. The number of likely N-dealkylation sites (tertiary alicyclic amines) is 1. The molecule has 0 saturated carbocycles. The summed E-state index contributed by atoms with van der Waals surface area (Å²) in [7, 11) is 4.37. The van der Waals surface area contributed by atoms with Gasteiger partial charge in [-0.3, -0.25) is 4.90 Å². The molecule has 0 aromatic heterocycles. The molecule has 3 atom stereocenters. The van der Waals surface area contributed by atoms with Gasteiger partial charge in [-0.1, -0.05) is 30.4 Å². The number of benzene rings is 1. The molecule has 2 aliphatic heterocycles. The Morgan fingerprint density at radius 3 is 2.76 bits per heavy atom. The number of hydrogen-bond donors (Lipinski definition) is 0. The number of rotatable bonds is 4. The predicted molar refractivity (Wildman–Crippen MR) is 100 cm³/mol. The third-order valence-electron chi connectivity index (χ3n) is 5.60. The number of para-hydroxylation sites is 2. The van der Waals surface area contributed by atoms with Gasteiger partial charge in [-0.05, 0) is 44.6 Å². The lowest BCUT2D eigenvalue weighted by molar-refractivity contribution is 0.0623. The molecule has 2 heterocycles. The Kier molecular flexibility index (Phi) is 4.82. The molecule has 2 unspecified atom stereocenters. The first-order valence-corrected chi connectivity index (χ1v) is 9.33. The first kappa shape index (κ1) is 16.7. The zero-order chi connectivity index (χ0) is 17.2. The van der Waals surface area contributed by atoms with Crippen LogP contribution < -0.4 is 9.47 Å². The first-order chi connectivity index (χ1) is 12.2. The maximum Gasteiger partial charge on any atom is 0.161 e. The molecule has 4 nitrogen and oxygen atoms in total. The molecular weight excluding hydrogens is 312 g/mol. The zero-order valence-corrected chi connectivity index (χ0v) is 15.2. The highest BCUT2D eigenvalue weighted by Crippen LogP contribution is 2.34. The summed E-state index contributed by atoms with van der Waals surface area (Å²) in [5.41, 5.74) is 1.44. The molecule has 1 aromatic rings. The number of allylic oxidation sites excluding steroid dienone is 1. The molecule has 0 spiro atoms. The van der Waals surface area contributed by atoms with Gasteiger partial charge in [0.25, 0.3) is 0 Å². The van der Waals surface area contributed by atoms with Gasteiger partial charge in [-0.2, -0.15) is 0 Å². The average Bonchev–Trinajstić information content (AvgIpc) is 3.11. The van der Waals surface area contributed by atoms with Crippen molar-refractivity contribution in [2.75, 3.05) is 40.3 Å². The lowest BCUT2D eigenvalue weighted by atomic mass is 9.91. The van der Waals surface area contributed by atoms with Crippen LogP contribution in [0.1, 0.15) is 12.8 Å². The second-order valence-electron chi connectivity index (χ2n) is 7.59. The molecule has 0 bridgehead atoms. The van der Waals surface area contributed by atoms with Crippen LogP contribution in [-0.4, -0.2) is 62.3 Å². The highest BCUT2D eigenvalue weighted by molar-refractivity contribution is 5.41. The summed E-state index contributed by atoms with van der Waals surface area (Å²) >= 11 is 0. The van der Waals surface area contributed by atoms with E-state index in [9.17, 15) is 0 Å². The van der Waals surface area contributed by atoms with Crippen LogP contribution in [0.3, 0.4) is 0 Å². The van der Waals surface area contributed by atoms with Gasteiger partial charge >= 0.3 is 0 Å². The number of hydrogen-bond acceptors (Lipinski definition) is 4. The molecule has 1 aromatic carbocycles. The summed E-state index contributed by atoms with van der Waals surface area (Å²) in [6.45, 7) is 4.08. The first-order valence-electron chi connectivity index (χ1n) is 9.33. The third-order valence-corrected chi connectivity index (χ3v) is 5.60. The Bertz CT molecular complexity index is 668. The summed E-state index contributed by atoms with van der Waals surface area (Å²) in [6, 6.07) is 8.64. The SMILES string of the molecule is CN(C)C1CCN(CC2=CCC([C@H]3COc4ccccc4O3)C=C2)C1. The fourth-order valence-electron chi connectivity index (χ4n) is 3.96. The highest BCUT2D eigenvalue weighted by Gasteiger charge is 2.29. The summed E-state index contributed by atoms with van der Waals surface area (Å²) in [5, 5.41) is 0. The van der Waals surface area contributed by atoms with Crippen molar-refractivity contribution in [3.05, 3.63) is 48.1 Å². The molecule has 0 amide bonds. The van der Waals surface area contributed by atoms with Crippen LogP contribution in [0.15, 0.2) is 48.1 Å². The summed E-state index contributed by atoms with van der Waals surface area (Å²) in [5.74, 6) is 2.12. The van der Waals surface area contributed by atoms with Crippen LogP contribution in [-0.2, 0) is 0 Å². The number of ether oxygens (including phenoxy) is 2. The molecule has 1 fully saturated rings. The fourth-order valence-corrected chi connectivity index (χ4v) is 3.96. The Hall–Kier alpha value is -1.78. The quantitative estimate of drug-likeness (QED) is 0.841. The molecular formula is C21H28N2O2. The maximum atomic E-state index is 6.16. The topological polar surface area (TPSA) is 24.9 Å². The number of likely N-dealkylation sites (N-methyl/N-ethyl adjacent to an activating group) is 1. The molecule has 25 heavy (non-hydrogen) atoms. The molecule has 1 saturated heterocycles. The van der Waals surface area contributed by atoms with Crippen molar-refractivity contribution in [2.45, 2.75) is 25.0 Å². The van der Waals surface area contributed by atoms with Gasteiger partial charge in [0.05, 0.1) is 0 Å². The van der Waals surface area contributed by atoms with E-state index in [0.717, 1.165) is 24.5 Å². The molecule has 3 aliphatic rings. The van der Waals surface area contributed by atoms with Crippen molar-refractivity contribution in [1.29, 1.82) is 0 Å². The largest absolute Gasteiger partial charge is 0.486 e. The van der Waals surface area contributed by atoms with Gasteiger partial charge in [0, 0.05) is 31.6 Å². The zero-order valence-electron chi connectivity index (χ0n) is 15.2. The van der Waals surface area contributed by atoms with Crippen LogP contribution in [0.5, 0.6) is 11.5 Å². The van der Waals surface area contributed by atoms with Crippen LogP contribution in [0.25, 0.3) is 0 Å². The smallest absolute Gasteiger partial charge is 0.161 e. The minimum absolute atomic E-state index is 0.105. The van der Waals surface area contributed by atoms with E-state index in [4.69, 9.17) is 9.47 Å². The van der Waals surface area contributed by atoms with Crippen LogP contribution >= 0.6 is 0 Å². The lowest BCUT2D eigenvalue weighted by Crippen LogP contribution is -2.36. The van der Waals surface area contributed by atoms with Crippen LogP contribution in [0.4, 0.5) is 0 Å². The molecule has 0 radical (unpaired) electrons. The Morgan fingerprint density at radius 2 is 2.04 bits per heavy atom. The number of fused-ring (bicyclic) bond motifs is 1. The van der Waals surface area contributed by atoms with Crippen LogP contribution in [0.2, 0.25) is 0 Å². The minimum Gasteiger partial charge on any atom is -0.486 e. The van der Waals surface area contributed by atoms with Gasteiger partial charge in [-0.25, -0.2) is 0 Å². The minimum atomic E-state index is 0.105. The van der Waals surface area contributed by atoms with Gasteiger partial charge < -0.3 is 14.4 Å². The Balaban J connectivity index is 1.31. The van der Waals surface area contributed by atoms with Crippen molar-refractivity contribution < 1.29 is 9.47 Å². The van der Waals surface area contributed by atoms with E-state index in [0.29, 0.717) is 18.6 Å². The lowest BCUT2D eigenvalue weighted by Gasteiger charge is -2.32. The molecule has 4 rings (SSSR count). The van der Waals surface area contributed by atoms with Crippen molar-refractivity contribution in [3.63, 3.8) is 0 Å². The summed E-state index contributed by atoms with van der Waals surface area (Å²) in [6.07, 6.45) is 9.41. The van der Waals surface area contributed by atoms with E-state index in [1.807, 2.05) is 24.3 Å². The summed E-state index contributed by atoms with van der Waals surface area (Å²) < 4.78 is 12.0. The van der Waals surface area contributed by atoms with Crippen molar-refractivity contribution in [2.24, 2.45) is 5.92 Å². The van der Waals surface area contributed by atoms with E-state index in [1.54, 1.807) is 0 Å². The predicted octanol–water partition coefficient (Wildman–Crippen LogP) is 2.96. The van der Waals surface area contributed by atoms with Crippen molar-refractivity contribution >= 4 is 0 Å². The molecule has 1 aliphatic carbocycles. The van der Waals surface area contributed by atoms with E-state index >= 15 is 0 Å². The second-order valence-corrected chi connectivity index (χ2v) is 7.59. The van der Waals surface area contributed by atoms with E-state index in [1.165, 1.54) is 25.1 Å². The second kappa shape index (κ2) is 7.22. The van der Waals surface area contributed by atoms with Crippen LogP contribution in [0, 0.1) is 5.92 Å². The van der Waals surface area contributed by atoms with Crippen molar-refractivity contribution in [3.8, 4) is 11.5 Å². The van der Waals surface area contributed by atoms with Gasteiger partial charge in [-0.15, -0.1) is 0 Å². The molecule has 4 heteroatoms. The van der Waals surface area contributed by atoms with E-state index < -0.39 is 0 Å². The molecule has 134 valence electrons. The molecule has 0 N–H and O–H groups in total. The van der Waals surface area contributed by atoms with Gasteiger partial charge in [0.1, 0.15) is 12.7 Å². The maximum absolute atomic E-state index is 6.16. The standard InChI is InChI=1S/C21H28N2O2/c1-22(2)18-11-12-23(14-18)13-16-7-9-17(10-8-16)21-15-24-19-5-3-4-6-20(19)25-21/h3-9,17-18,21H,10-15H2,1-2H3/t17?,18?,21-/m1/s1. The normalized spacial score (nSPS) is 29.1. The van der Waals surface area contributed by atoms with Crippen molar-refractivity contribution in [1.82, 2.24) is 9.80 Å². The summed E-state index contributed by atoms with van der Waals surface area (Å²) in [4.78, 5) is 4.91.